The van der Waals surface area contributed by atoms with Crippen molar-refractivity contribution in [2.75, 3.05) is 5.75 Å². The zero-order valence-corrected chi connectivity index (χ0v) is 10.1. The van der Waals surface area contributed by atoms with Gasteiger partial charge in [0.25, 0.3) is 0 Å². The second kappa shape index (κ2) is 6.38. The van der Waals surface area contributed by atoms with Crippen molar-refractivity contribution in [1.82, 2.24) is 0 Å². The molecule has 0 radical (unpaired) electrons. The van der Waals surface area contributed by atoms with E-state index in [0.717, 1.165) is 5.92 Å². The Morgan fingerprint density at radius 3 is 2.53 bits per heavy atom. The third-order valence-electron chi connectivity index (χ3n) is 3.20. The first-order chi connectivity index (χ1) is 7.13. The van der Waals surface area contributed by atoms with Crippen LogP contribution in [-0.4, -0.2) is 28.1 Å². The lowest BCUT2D eigenvalue weighted by Gasteiger charge is -2.27. The van der Waals surface area contributed by atoms with Crippen LogP contribution in [-0.2, 0) is 4.79 Å². The fourth-order valence-corrected chi connectivity index (χ4v) is 3.25. The molecule has 3 nitrogen and oxygen atoms in total. The van der Waals surface area contributed by atoms with Crippen LogP contribution in [0, 0.1) is 5.92 Å². The van der Waals surface area contributed by atoms with Crippen LogP contribution < -0.4 is 5.73 Å². The molecular formula is C11H21NO2S. The highest BCUT2D eigenvalue weighted by molar-refractivity contribution is 7.99. The largest absolute Gasteiger partial charge is 0.480 e. The van der Waals surface area contributed by atoms with Gasteiger partial charge >= 0.3 is 5.97 Å². The summed E-state index contributed by atoms with van der Waals surface area (Å²) in [5.74, 6) is 0.566. The van der Waals surface area contributed by atoms with E-state index in [1.807, 2.05) is 0 Å². The number of carboxylic acid groups (broad SMARTS) is 1. The maximum absolute atomic E-state index is 10.5. The molecule has 0 aromatic heterocycles. The minimum atomic E-state index is -0.884. The van der Waals surface area contributed by atoms with Gasteiger partial charge in [0, 0.05) is 11.0 Å². The van der Waals surface area contributed by atoms with E-state index in [2.05, 4.69) is 6.92 Å². The number of carbonyl (C=O) groups is 1. The molecule has 0 bridgehead atoms. The van der Waals surface area contributed by atoms with Gasteiger partial charge in [-0.1, -0.05) is 13.3 Å². The predicted octanol–water partition coefficient (Wildman–Crippen LogP) is 2.10. The molecular weight excluding hydrogens is 210 g/mol. The van der Waals surface area contributed by atoms with Crippen LogP contribution in [0.4, 0.5) is 0 Å². The summed E-state index contributed by atoms with van der Waals surface area (Å²) in [4.78, 5) is 10.5. The van der Waals surface area contributed by atoms with E-state index >= 15 is 0 Å². The number of aliphatic carboxylic acids is 1. The molecule has 1 fully saturated rings. The molecule has 0 aliphatic heterocycles. The Kier molecular flexibility index (Phi) is 5.47. The lowest BCUT2D eigenvalue weighted by atomic mass is 9.87. The van der Waals surface area contributed by atoms with Crippen molar-refractivity contribution < 1.29 is 9.90 Å². The van der Waals surface area contributed by atoms with E-state index in [0.29, 0.717) is 11.0 Å². The van der Waals surface area contributed by atoms with Crippen molar-refractivity contribution in [2.24, 2.45) is 11.7 Å². The van der Waals surface area contributed by atoms with Crippen LogP contribution in [0.2, 0.25) is 0 Å². The van der Waals surface area contributed by atoms with Gasteiger partial charge in [-0.15, -0.1) is 0 Å². The summed E-state index contributed by atoms with van der Waals surface area (Å²) in [6.07, 6.45) is 6.35. The summed E-state index contributed by atoms with van der Waals surface area (Å²) in [6.45, 7) is 2.25. The lowest BCUT2D eigenvalue weighted by molar-refractivity contribution is -0.137. The van der Waals surface area contributed by atoms with Crippen molar-refractivity contribution >= 4 is 17.7 Å². The number of nitrogens with two attached hydrogens (primary N) is 1. The van der Waals surface area contributed by atoms with Crippen LogP contribution in [0.3, 0.4) is 0 Å². The van der Waals surface area contributed by atoms with Crippen LogP contribution in [0.5, 0.6) is 0 Å². The van der Waals surface area contributed by atoms with Crippen molar-refractivity contribution in [1.29, 1.82) is 0 Å². The van der Waals surface area contributed by atoms with Gasteiger partial charge in [-0.3, -0.25) is 4.79 Å². The van der Waals surface area contributed by atoms with Crippen molar-refractivity contribution in [3.63, 3.8) is 0 Å². The first-order valence-electron chi connectivity index (χ1n) is 5.73. The second-order valence-corrected chi connectivity index (χ2v) is 5.66. The molecule has 88 valence electrons. The molecule has 1 rings (SSSR count). The standard InChI is InChI=1S/C11H21NO2S/c1-2-8-3-5-9(6-4-8)15-7-10(12)11(13)14/h8-10H,2-7,12H2,1H3,(H,13,14)/t8?,9?,10-/m1/s1. The van der Waals surface area contributed by atoms with Crippen LogP contribution in [0.1, 0.15) is 39.0 Å². The van der Waals surface area contributed by atoms with Gasteiger partial charge in [0.15, 0.2) is 0 Å². The molecule has 0 amide bonds. The van der Waals surface area contributed by atoms with E-state index < -0.39 is 12.0 Å². The van der Waals surface area contributed by atoms with Crippen molar-refractivity contribution in [3.05, 3.63) is 0 Å². The summed E-state index contributed by atoms with van der Waals surface area (Å²) in [5.41, 5.74) is 5.47. The Balaban J connectivity index is 2.16. The molecule has 0 spiro atoms. The van der Waals surface area contributed by atoms with E-state index in [4.69, 9.17) is 10.8 Å². The van der Waals surface area contributed by atoms with Crippen molar-refractivity contribution in [2.45, 2.75) is 50.3 Å². The summed E-state index contributed by atoms with van der Waals surface area (Å²) in [6, 6.07) is -0.695. The average molecular weight is 231 g/mol. The Hall–Kier alpha value is -0.220. The van der Waals surface area contributed by atoms with Crippen LogP contribution >= 0.6 is 11.8 Å². The molecule has 1 aliphatic carbocycles. The van der Waals surface area contributed by atoms with Gasteiger partial charge < -0.3 is 10.8 Å². The van der Waals surface area contributed by atoms with E-state index in [-0.39, 0.29) is 0 Å². The summed E-state index contributed by atoms with van der Waals surface area (Å²) < 4.78 is 0. The molecule has 0 aromatic carbocycles. The fraction of sp³-hybridized carbons (Fsp3) is 0.909. The number of rotatable bonds is 5. The van der Waals surface area contributed by atoms with Gasteiger partial charge in [0.1, 0.15) is 6.04 Å². The summed E-state index contributed by atoms with van der Waals surface area (Å²) in [7, 11) is 0. The monoisotopic (exact) mass is 231 g/mol. The minimum absolute atomic E-state index is 0.552. The molecule has 0 heterocycles. The molecule has 0 saturated heterocycles. The SMILES string of the molecule is CCC1CCC(SC[C@@H](N)C(=O)O)CC1. The van der Waals surface area contributed by atoms with Gasteiger partial charge in [-0.2, -0.15) is 11.8 Å². The van der Waals surface area contributed by atoms with E-state index in [9.17, 15) is 4.79 Å². The molecule has 15 heavy (non-hydrogen) atoms. The Morgan fingerprint density at radius 1 is 1.47 bits per heavy atom. The fourth-order valence-electron chi connectivity index (χ4n) is 2.02. The topological polar surface area (TPSA) is 63.3 Å². The molecule has 0 aromatic rings. The predicted molar refractivity (Wildman–Crippen MR) is 64.1 cm³/mol. The molecule has 4 heteroatoms. The summed E-state index contributed by atoms with van der Waals surface area (Å²) in [5, 5.41) is 9.29. The van der Waals surface area contributed by atoms with Gasteiger partial charge in [-0.25, -0.2) is 0 Å². The zero-order valence-electron chi connectivity index (χ0n) is 9.32. The maximum Gasteiger partial charge on any atom is 0.321 e. The average Bonchev–Trinajstić information content (AvgIpc) is 2.26. The number of thioether (sulfide) groups is 1. The quantitative estimate of drug-likeness (QED) is 0.760. The van der Waals surface area contributed by atoms with E-state index in [1.54, 1.807) is 11.8 Å². The maximum atomic E-state index is 10.5. The molecule has 1 atom stereocenters. The van der Waals surface area contributed by atoms with Crippen LogP contribution in [0.15, 0.2) is 0 Å². The molecule has 1 saturated carbocycles. The number of hydrogen-bond acceptors (Lipinski definition) is 3. The Morgan fingerprint density at radius 2 is 2.07 bits per heavy atom. The molecule has 3 N–H and O–H groups in total. The van der Waals surface area contributed by atoms with Crippen molar-refractivity contribution in [3.8, 4) is 0 Å². The third kappa shape index (κ3) is 4.43. The van der Waals surface area contributed by atoms with Gasteiger partial charge in [0.05, 0.1) is 0 Å². The Bertz CT molecular complexity index is 203. The second-order valence-electron chi connectivity index (χ2n) is 4.33. The van der Waals surface area contributed by atoms with Gasteiger partial charge in [0.2, 0.25) is 0 Å². The minimum Gasteiger partial charge on any atom is -0.480 e. The highest BCUT2D eigenvalue weighted by Crippen LogP contribution is 2.33. The lowest BCUT2D eigenvalue weighted by Crippen LogP contribution is -2.33. The zero-order chi connectivity index (χ0) is 11.3. The molecule has 0 unspecified atom stereocenters. The normalized spacial score (nSPS) is 28.7. The smallest absolute Gasteiger partial charge is 0.321 e. The van der Waals surface area contributed by atoms with E-state index in [1.165, 1.54) is 32.1 Å². The first kappa shape index (κ1) is 12.8. The highest BCUT2D eigenvalue weighted by Gasteiger charge is 2.21. The number of hydrogen-bond donors (Lipinski definition) is 2. The number of carboxylic acids is 1. The highest BCUT2D eigenvalue weighted by atomic mass is 32.2. The summed E-state index contributed by atoms with van der Waals surface area (Å²) >= 11 is 1.74. The van der Waals surface area contributed by atoms with Gasteiger partial charge in [-0.05, 0) is 31.6 Å². The third-order valence-corrected chi connectivity index (χ3v) is 4.69. The first-order valence-corrected chi connectivity index (χ1v) is 6.78. The molecule has 1 aliphatic rings. The van der Waals surface area contributed by atoms with Crippen LogP contribution in [0.25, 0.3) is 0 Å². The Labute approximate surface area is 95.8 Å².